The van der Waals surface area contributed by atoms with Crippen LogP contribution in [0.3, 0.4) is 0 Å². The van der Waals surface area contributed by atoms with Crippen LogP contribution in [-0.4, -0.2) is 62.7 Å². The molecular formula is C19H25N3O5S2. The van der Waals surface area contributed by atoms with Crippen molar-refractivity contribution in [2.24, 2.45) is 0 Å². The summed E-state index contributed by atoms with van der Waals surface area (Å²) in [7, 11) is -0.0289. The lowest BCUT2D eigenvalue weighted by Crippen LogP contribution is -2.46. The van der Waals surface area contributed by atoms with Gasteiger partial charge in [-0.3, -0.25) is 4.79 Å². The maximum atomic E-state index is 12.6. The van der Waals surface area contributed by atoms with Crippen LogP contribution in [0.1, 0.15) is 30.3 Å². The van der Waals surface area contributed by atoms with Crippen LogP contribution in [0.4, 0.5) is 0 Å². The Morgan fingerprint density at radius 2 is 1.93 bits per heavy atom. The van der Waals surface area contributed by atoms with E-state index in [-0.39, 0.29) is 17.7 Å². The van der Waals surface area contributed by atoms with Crippen molar-refractivity contribution in [1.29, 1.82) is 0 Å². The Bertz CT molecular complexity index is 966. The Labute approximate surface area is 174 Å². The first-order valence-corrected chi connectivity index (χ1v) is 11.8. The van der Waals surface area contributed by atoms with Crippen LogP contribution in [0.25, 0.3) is 10.6 Å². The fraction of sp³-hybridized carbons (Fsp3) is 0.474. The predicted molar refractivity (Wildman–Crippen MR) is 112 cm³/mol. The van der Waals surface area contributed by atoms with Crippen molar-refractivity contribution in [1.82, 2.24) is 14.6 Å². The number of nitrogens with zero attached hydrogens (tertiary/aromatic N) is 2. The quantitative estimate of drug-likeness (QED) is 0.711. The van der Waals surface area contributed by atoms with Crippen molar-refractivity contribution >= 4 is 27.3 Å². The molecule has 0 saturated carbocycles. The number of methoxy groups -OCH3 is 2. The Kier molecular flexibility index (Phi) is 6.76. The molecule has 0 radical (unpaired) electrons. The van der Waals surface area contributed by atoms with Crippen molar-refractivity contribution < 1.29 is 22.7 Å². The zero-order valence-electron chi connectivity index (χ0n) is 16.7. The van der Waals surface area contributed by atoms with Gasteiger partial charge in [0.25, 0.3) is 5.91 Å². The van der Waals surface area contributed by atoms with Gasteiger partial charge >= 0.3 is 0 Å². The smallest absolute Gasteiger partial charge is 0.270 e. The van der Waals surface area contributed by atoms with E-state index < -0.39 is 10.0 Å². The Hall–Kier alpha value is -2.17. The minimum Gasteiger partial charge on any atom is -0.493 e. The summed E-state index contributed by atoms with van der Waals surface area (Å²) in [5.74, 6) is 1.08. The monoisotopic (exact) mass is 439 g/mol. The zero-order valence-corrected chi connectivity index (χ0v) is 18.3. The van der Waals surface area contributed by atoms with Gasteiger partial charge in [-0.1, -0.05) is 0 Å². The van der Waals surface area contributed by atoms with Gasteiger partial charge in [-0.05, 0) is 38.0 Å². The number of piperidine rings is 1. The summed E-state index contributed by atoms with van der Waals surface area (Å²) in [5, 5.41) is 5.40. The van der Waals surface area contributed by atoms with Gasteiger partial charge in [0.15, 0.2) is 11.5 Å². The van der Waals surface area contributed by atoms with Gasteiger partial charge in [0.05, 0.1) is 20.0 Å². The number of sulfonamides is 1. The summed E-state index contributed by atoms with van der Waals surface area (Å²) < 4.78 is 35.9. The number of nitrogens with one attached hydrogen (secondary N) is 1. The minimum absolute atomic E-state index is 0.0583. The number of ether oxygens (including phenoxy) is 2. The average molecular weight is 440 g/mol. The molecule has 1 aromatic heterocycles. The molecule has 1 aromatic carbocycles. The summed E-state index contributed by atoms with van der Waals surface area (Å²) >= 11 is 1.38. The average Bonchev–Trinajstić information content (AvgIpc) is 3.24. The van der Waals surface area contributed by atoms with Crippen LogP contribution in [-0.2, 0) is 10.0 Å². The molecule has 0 bridgehead atoms. The highest BCUT2D eigenvalue weighted by Gasteiger charge is 2.28. The standard InChI is InChI=1S/C19H25N3O5S2/c1-4-29(24,25)22-9-7-14(8-10-22)20-18(23)15-12-28-19(21-15)13-5-6-16(26-2)17(11-13)27-3/h5-6,11-12,14H,4,7-10H2,1-3H3,(H,20,23). The van der Waals surface area contributed by atoms with E-state index in [0.717, 1.165) is 5.56 Å². The molecule has 2 aromatic rings. The molecule has 29 heavy (non-hydrogen) atoms. The maximum Gasteiger partial charge on any atom is 0.270 e. The van der Waals surface area contributed by atoms with Crippen LogP contribution in [0.2, 0.25) is 0 Å². The molecule has 10 heteroatoms. The highest BCUT2D eigenvalue weighted by molar-refractivity contribution is 7.89. The molecule has 158 valence electrons. The van der Waals surface area contributed by atoms with E-state index in [4.69, 9.17) is 9.47 Å². The van der Waals surface area contributed by atoms with Crippen LogP contribution in [0, 0.1) is 0 Å². The predicted octanol–water partition coefficient (Wildman–Crippen LogP) is 2.37. The Morgan fingerprint density at radius 1 is 1.24 bits per heavy atom. The lowest BCUT2D eigenvalue weighted by Gasteiger charge is -2.31. The first kappa shape index (κ1) is 21.5. The van der Waals surface area contributed by atoms with Crippen molar-refractivity contribution in [2.75, 3.05) is 33.1 Å². The third-order valence-electron chi connectivity index (χ3n) is 4.91. The lowest BCUT2D eigenvalue weighted by atomic mass is 10.1. The van der Waals surface area contributed by atoms with E-state index in [9.17, 15) is 13.2 Å². The summed E-state index contributed by atoms with van der Waals surface area (Å²) in [6.45, 7) is 2.49. The Balaban J connectivity index is 1.63. The maximum absolute atomic E-state index is 12.6. The summed E-state index contributed by atoms with van der Waals surface area (Å²) in [4.78, 5) is 17.0. The number of hydrogen-bond acceptors (Lipinski definition) is 7. The molecule has 0 atom stereocenters. The molecule has 0 unspecified atom stereocenters. The van der Waals surface area contributed by atoms with Crippen molar-refractivity contribution in [3.63, 3.8) is 0 Å². The van der Waals surface area contributed by atoms with E-state index in [0.29, 0.717) is 48.1 Å². The number of rotatable bonds is 7. The number of carbonyl (C=O) groups is 1. The molecule has 1 N–H and O–H groups in total. The number of hydrogen-bond donors (Lipinski definition) is 1. The molecule has 1 saturated heterocycles. The SMILES string of the molecule is CCS(=O)(=O)N1CCC(NC(=O)c2csc(-c3ccc(OC)c(OC)c3)n2)CC1. The molecule has 8 nitrogen and oxygen atoms in total. The van der Waals surface area contributed by atoms with Crippen LogP contribution in [0.5, 0.6) is 11.5 Å². The highest BCUT2D eigenvalue weighted by Crippen LogP contribution is 2.33. The highest BCUT2D eigenvalue weighted by atomic mass is 32.2. The molecule has 1 aliphatic heterocycles. The van der Waals surface area contributed by atoms with E-state index in [2.05, 4.69) is 10.3 Å². The van der Waals surface area contributed by atoms with Crippen LogP contribution < -0.4 is 14.8 Å². The van der Waals surface area contributed by atoms with Gasteiger partial charge in [-0.15, -0.1) is 11.3 Å². The van der Waals surface area contributed by atoms with E-state index in [1.807, 2.05) is 12.1 Å². The second-order valence-corrected chi connectivity index (χ2v) is 9.77. The number of aromatic nitrogens is 1. The number of benzene rings is 1. The fourth-order valence-electron chi connectivity index (χ4n) is 3.20. The third kappa shape index (κ3) is 4.88. The normalized spacial score (nSPS) is 15.8. The molecule has 2 heterocycles. The van der Waals surface area contributed by atoms with Gasteiger partial charge < -0.3 is 14.8 Å². The molecule has 3 rings (SSSR count). The summed E-state index contributed by atoms with van der Waals surface area (Å²) in [5.41, 5.74) is 1.19. The molecule has 1 aliphatic rings. The topological polar surface area (TPSA) is 97.8 Å². The van der Waals surface area contributed by atoms with Gasteiger partial charge in [0.1, 0.15) is 10.7 Å². The Morgan fingerprint density at radius 3 is 2.55 bits per heavy atom. The minimum atomic E-state index is -3.17. The number of thiazole rings is 1. The van der Waals surface area contributed by atoms with Crippen molar-refractivity contribution in [3.05, 3.63) is 29.3 Å². The van der Waals surface area contributed by atoms with Gasteiger partial charge in [-0.2, -0.15) is 0 Å². The second-order valence-electron chi connectivity index (χ2n) is 6.66. The van der Waals surface area contributed by atoms with E-state index in [1.165, 1.54) is 15.6 Å². The fourth-order valence-corrected chi connectivity index (χ4v) is 5.13. The summed E-state index contributed by atoms with van der Waals surface area (Å²) in [6.07, 6.45) is 1.19. The molecule has 0 spiro atoms. The van der Waals surface area contributed by atoms with E-state index >= 15 is 0 Å². The number of carbonyl (C=O) groups excluding carboxylic acids is 1. The third-order valence-corrected chi connectivity index (χ3v) is 7.69. The molecule has 0 aliphatic carbocycles. The first-order valence-electron chi connectivity index (χ1n) is 9.34. The van der Waals surface area contributed by atoms with Gasteiger partial charge in [-0.25, -0.2) is 17.7 Å². The summed E-state index contributed by atoms with van der Waals surface area (Å²) in [6, 6.07) is 5.43. The van der Waals surface area contributed by atoms with Crippen molar-refractivity contribution in [2.45, 2.75) is 25.8 Å². The zero-order chi connectivity index (χ0) is 21.0. The van der Waals surface area contributed by atoms with Crippen molar-refractivity contribution in [3.8, 4) is 22.1 Å². The number of amides is 1. The second kappa shape index (κ2) is 9.10. The van der Waals surface area contributed by atoms with Gasteiger partial charge in [0.2, 0.25) is 10.0 Å². The van der Waals surface area contributed by atoms with Gasteiger partial charge in [0, 0.05) is 30.1 Å². The first-order chi connectivity index (χ1) is 13.9. The van der Waals surface area contributed by atoms with E-state index in [1.54, 1.807) is 32.6 Å². The molecule has 1 amide bonds. The molecular weight excluding hydrogens is 414 g/mol. The van der Waals surface area contributed by atoms with Crippen LogP contribution >= 0.6 is 11.3 Å². The largest absolute Gasteiger partial charge is 0.493 e. The lowest BCUT2D eigenvalue weighted by molar-refractivity contribution is 0.0919. The van der Waals surface area contributed by atoms with Crippen LogP contribution in [0.15, 0.2) is 23.6 Å². The molecule has 1 fully saturated rings.